The molecule has 2 aromatic rings. The van der Waals surface area contributed by atoms with Crippen molar-refractivity contribution in [3.05, 3.63) is 52.5 Å². The molecular formula is C21H19ClF3N3O3S. The lowest BCUT2D eigenvalue weighted by molar-refractivity contribution is -0.274. The molecule has 1 aliphatic heterocycles. The molecule has 0 bridgehead atoms. The van der Waals surface area contributed by atoms with Crippen molar-refractivity contribution < 1.29 is 27.4 Å². The molecule has 1 N–H and O–H groups in total. The van der Waals surface area contributed by atoms with Crippen molar-refractivity contribution >= 4 is 35.1 Å². The van der Waals surface area contributed by atoms with Crippen molar-refractivity contribution in [1.82, 2.24) is 4.72 Å². The Morgan fingerprint density at radius 3 is 2.72 bits per heavy atom. The van der Waals surface area contributed by atoms with Gasteiger partial charge in [-0.2, -0.15) is 5.26 Å². The van der Waals surface area contributed by atoms with E-state index in [-0.39, 0.29) is 29.1 Å². The molecule has 6 nitrogen and oxygen atoms in total. The summed E-state index contributed by atoms with van der Waals surface area (Å²) in [5, 5.41) is 9.29. The zero-order valence-electron chi connectivity index (χ0n) is 16.9. The van der Waals surface area contributed by atoms with Crippen LogP contribution in [0.5, 0.6) is 11.5 Å². The highest BCUT2D eigenvalue weighted by Gasteiger charge is 2.32. The SMILES string of the molecule is CSNC(=O)c1ccc(OCC2CCCN2c2ccc(OC(F)(F)F)c(Cl)c2)c(C#N)c1. The van der Waals surface area contributed by atoms with Gasteiger partial charge >= 0.3 is 6.36 Å². The Hall–Kier alpha value is -2.77. The Labute approximate surface area is 192 Å². The van der Waals surface area contributed by atoms with Crippen molar-refractivity contribution in [2.24, 2.45) is 0 Å². The number of halogens is 4. The third kappa shape index (κ3) is 5.93. The van der Waals surface area contributed by atoms with Gasteiger partial charge < -0.3 is 14.4 Å². The van der Waals surface area contributed by atoms with Gasteiger partial charge in [0.15, 0.2) is 0 Å². The zero-order chi connectivity index (χ0) is 23.3. The maximum absolute atomic E-state index is 12.5. The van der Waals surface area contributed by atoms with Crippen LogP contribution in [-0.4, -0.2) is 37.7 Å². The summed E-state index contributed by atoms with van der Waals surface area (Å²) in [7, 11) is 0. The van der Waals surface area contributed by atoms with Crippen LogP contribution in [0.3, 0.4) is 0 Å². The van der Waals surface area contributed by atoms with Crippen molar-refractivity contribution in [2.75, 3.05) is 24.3 Å². The van der Waals surface area contributed by atoms with Gasteiger partial charge in [0.2, 0.25) is 0 Å². The third-order valence-electron chi connectivity index (χ3n) is 4.84. The molecule has 0 radical (unpaired) electrons. The number of anilines is 1. The fourth-order valence-corrected chi connectivity index (χ4v) is 3.96. The Morgan fingerprint density at radius 1 is 1.31 bits per heavy atom. The van der Waals surface area contributed by atoms with Crippen LogP contribution >= 0.6 is 23.5 Å². The van der Waals surface area contributed by atoms with E-state index in [1.165, 1.54) is 24.3 Å². The van der Waals surface area contributed by atoms with Gasteiger partial charge in [0.1, 0.15) is 24.2 Å². The molecule has 3 rings (SSSR count). The zero-order valence-corrected chi connectivity index (χ0v) is 18.5. The molecular weight excluding hydrogens is 467 g/mol. The molecule has 170 valence electrons. The lowest BCUT2D eigenvalue weighted by Crippen LogP contribution is -2.34. The number of ether oxygens (including phenoxy) is 2. The van der Waals surface area contributed by atoms with Crippen LogP contribution in [0, 0.1) is 11.3 Å². The van der Waals surface area contributed by atoms with Gasteiger partial charge in [0.25, 0.3) is 5.91 Å². The minimum atomic E-state index is -4.82. The van der Waals surface area contributed by atoms with Crippen LogP contribution in [0.15, 0.2) is 36.4 Å². The van der Waals surface area contributed by atoms with Crippen LogP contribution in [-0.2, 0) is 0 Å². The molecule has 1 saturated heterocycles. The first-order valence-electron chi connectivity index (χ1n) is 9.54. The lowest BCUT2D eigenvalue weighted by Gasteiger charge is -2.27. The number of nitriles is 1. The number of nitrogens with zero attached hydrogens (tertiary/aromatic N) is 2. The van der Waals surface area contributed by atoms with Crippen molar-refractivity contribution in [3.63, 3.8) is 0 Å². The highest BCUT2D eigenvalue weighted by Crippen LogP contribution is 2.35. The number of rotatable bonds is 7. The molecule has 1 fully saturated rings. The third-order valence-corrected chi connectivity index (χ3v) is 5.52. The van der Waals surface area contributed by atoms with E-state index in [4.69, 9.17) is 16.3 Å². The van der Waals surface area contributed by atoms with Gasteiger partial charge in [-0.3, -0.25) is 9.52 Å². The van der Waals surface area contributed by atoms with Crippen LogP contribution in [0.1, 0.15) is 28.8 Å². The number of nitrogens with one attached hydrogen (secondary N) is 1. The van der Waals surface area contributed by atoms with E-state index < -0.39 is 12.1 Å². The van der Waals surface area contributed by atoms with E-state index in [1.54, 1.807) is 18.4 Å². The smallest absolute Gasteiger partial charge is 0.490 e. The Bertz CT molecular complexity index is 1030. The molecule has 11 heteroatoms. The molecule has 0 saturated carbocycles. The quantitative estimate of drug-likeness (QED) is 0.546. The average molecular weight is 486 g/mol. The van der Waals surface area contributed by atoms with Gasteiger partial charge in [-0.25, -0.2) is 0 Å². The standard InChI is InChI=1S/C21H19ClF3N3O3S/c1-32-27-20(29)13-4-6-18(14(9-13)11-26)30-12-16-3-2-8-28(16)15-5-7-19(17(22)10-15)31-21(23,24)25/h4-7,9-10,16H,2-3,8,12H2,1H3,(H,27,29). The average Bonchev–Trinajstić information content (AvgIpc) is 3.21. The molecule has 1 amide bonds. The van der Waals surface area contributed by atoms with Crippen LogP contribution in [0.2, 0.25) is 5.02 Å². The molecule has 1 aliphatic rings. The van der Waals surface area contributed by atoms with Crippen molar-refractivity contribution in [1.29, 1.82) is 5.26 Å². The number of hydrogen-bond acceptors (Lipinski definition) is 6. The maximum Gasteiger partial charge on any atom is 0.573 e. The predicted molar refractivity (Wildman–Crippen MR) is 116 cm³/mol. The number of hydrogen-bond donors (Lipinski definition) is 1. The van der Waals surface area contributed by atoms with E-state index in [9.17, 15) is 23.2 Å². The second kappa shape index (κ2) is 10.2. The van der Waals surface area contributed by atoms with Gasteiger partial charge in [-0.05, 0) is 49.2 Å². The molecule has 1 atom stereocenters. The van der Waals surface area contributed by atoms with Crippen molar-refractivity contribution in [3.8, 4) is 17.6 Å². The Kier molecular flexibility index (Phi) is 7.64. The Morgan fingerprint density at radius 2 is 2.06 bits per heavy atom. The largest absolute Gasteiger partial charge is 0.573 e. The summed E-state index contributed by atoms with van der Waals surface area (Å²) in [6.07, 6.45) is -1.43. The molecule has 0 aromatic heterocycles. The predicted octanol–water partition coefficient (Wildman–Crippen LogP) is 5.17. The van der Waals surface area contributed by atoms with E-state index in [0.29, 0.717) is 23.5 Å². The minimum absolute atomic E-state index is 0.0635. The Balaban J connectivity index is 1.70. The molecule has 1 heterocycles. The minimum Gasteiger partial charge on any atom is -0.490 e. The van der Waals surface area contributed by atoms with Crippen LogP contribution in [0.25, 0.3) is 0 Å². The first-order chi connectivity index (χ1) is 15.2. The number of carbonyl (C=O) groups excluding carboxylic acids is 1. The van der Waals surface area contributed by atoms with Crippen LogP contribution < -0.4 is 19.1 Å². The van der Waals surface area contributed by atoms with Crippen molar-refractivity contribution in [2.45, 2.75) is 25.2 Å². The number of amides is 1. The highest BCUT2D eigenvalue weighted by molar-refractivity contribution is 7.97. The van der Waals surface area contributed by atoms with Gasteiger partial charge in [0.05, 0.1) is 16.6 Å². The maximum atomic E-state index is 12.5. The number of alkyl halides is 3. The van der Waals surface area contributed by atoms with Gasteiger partial charge in [0, 0.05) is 24.1 Å². The summed E-state index contributed by atoms with van der Waals surface area (Å²) >= 11 is 7.14. The summed E-state index contributed by atoms with van der Waals surface area (Å²) in [5.41, 5.74) is 1.24. The van der Waals surface area contributed by atoms with E-state index in [2.05, 4.69) is 9.46 Å². The molecule has 0 spiro atoms. The summed E-state index contributed by atoms with van der Waals surface area (Å²) in [5.74, 6) is -0.413. The fourth-order valence-electron chi connectivity index (χ4n) is 3.45. The monoisotopic (exact) mass is 485 g/mol. The summed E-state index contributed by atoms with van der Waals surface area (Å²) in [4.78, 5) is 13.9. The first-order valence-corrected chi connectivity index (χ1v) is 11.1. The van der Waals surface area contributed by atoms with E-state index >= 15 is 0 Å². The molecule has 0 aliphatic carbocycles. The second-order valence-electron chi connectivity index (χ2n) is 6.92. The van der Waals surface area contributed by atoms with E-state index in [1.807, 2.05) is 11.0 Å². The van der Waals surface area contributed by atoms with Crippen LogP contribution in [0.4, 0.5) is 18.9 Å². The molecule has 32 heavy (non-hydrogen) atoms. The first kappa shape index (κ1) is 23.9. The summed E-state index contributed by atoms with van der Waals surface area (Å²) < 4.78 is 49.8. The topological polar surface area (TPSA) is 74.6 Å². The lowest BCUT2D eigenvalue weighted by atomic mass is 10.1. The second-order valence-corrected chi connectivity index (χ2v) is 7.94. The molecule has 2 aromatic carbocycles. The number of carbonyl (C=O) groups is 1. The number of benzene rings is 2. The highest BCUT2D eigenvalue weighted by atomic mass is 35.5. The van der Waals surface area contributed by atoms with Gasteiger partial charge in [-0.15, -0.1) is 13.2 Å². The normalized spacial score (nSPS) is 15.9. The summed E-state index contributed by atoms with van der Waals surface area (Å²) in [6.45, 7) is 0.937. The van der Waals surface area contributed by atoms with Gasteiger partial charge in [-0.1, -0.05) is 23.5 Å². The molecule has 1 unspecified atom stereocenters. The fraction of sp³-hybridized carbons (Fsp3) is 0.333. The summed E-state index contributed by atoms with van der Waals surface area (Å²) in [6, 6.07) is 10.7. The van der Waals surface area contributed by atoms with E-state index in [0.717, 1.165) is 24.8 Å².